The first-order valence-corrected chi connectivity index (χ1v) is 7.04. The number of nitrogens with two attached hydrogens (primary N) is 1. The second-order valence-electron chi connectivity index (χ2n) is 4.70. The van der Waals surface area contributed by atoms with Crippen LogP contribution >= 0.6 is 15.9 Å². The minimum Gasteiger partial charge on any atom is -0.496 e. The lowest BCUT2D eigenvalue weighted by atomic mass is 9.89. The zero-order valence-corrected chi connectivity index (χ0v) is 13.2. The molecule has 2 atom stereocenters. The lowest BCUT2D eigenvalue weighted by Gasteiger charge is -2.32. The van der Waals surface area contributed by atoms with E-state index >= 15 is 0 Å². The first-order valence-electron chi connectivity index (χ1n) is 6.25. The van der Waals surface area contributed by atoms with Gasteiger partial charge in [0.25, 0.3) is 0 Å². The van der Waals surface area contributed by atoms with Crippen LogP contribution in [0.5, 0.6) is 5.75 Å². The SMILES string of the molecule is CCC(CN)C(c1cc(Br)ccc1OC)N(C)C. The van der Waals surface area contributed by atoms with Crippen LogP contribution in [0.4, 0.5) is 0 Å². The molecular formula is C14H23BrN2O. The Hall–Kier alpha value is -0.580. The van der Waals surface area contributed by atoms with Crippen molar-refractivity contribution in [3.63, 3.8) is 0 Å². The quantitative estimate of drug-likeness (QED) is 0.877. The van der Waals surface area contributed by atoms with Crippen molar-refractivity contribution >= 4 is 15.9 Å². The Morgan fingerprint density at radius 3 is 2.50 bits per heavy atom. The fourth-order valence-corrected chi connectivity index (χ4v) is 2.79. The molecule has 1 aromatic carbocycles. The van der Waals surface area contributed by atoms with Gasteiger partial charge in [-0.3, -0.25) is 0 Å². The highest BCUT2D eigenvalue weighted by Gasteiger charge is 2.25. The summed E-state index contributed by atoms with van der Waals surface area (Å²) in [5, 5.41) is 0. The molecule has 0 spiro atoms. The minimum absolute atomic E-state index is 0.271. The van der Waals surface area contributed by atoms with Crippen LogP contribution in [0, 0.1) is 5.92 Å². The normalized spacial score (nSPS) is 14.6. The minimum atomic E-state index is 0.271. The third kappa shape index (κ3) is 3.46. The van der Waals surface area contributed by atoms with Crippen LogP contribution in [0.1, 0.15) is 24.9 Å². The van der Waals surface area contributed by atoms with Crippen LogP contribution < -0.4 is 10.5 Å². The van der Waals surface area contributed by atoms with Crippen molar-refractivity contribution in [1.29, 1.82) is 0 Å². The van der Waals surface area contributed by atoms with Gasteiger partial charge in [0, 0.05) is 16.1 Å². The van der Waals surface area contributed by atoms with Crippen molar-refractivity contribution in [1.82, 2.24) is 4.90 Å². The van der Waals surface area contributed by atoms with Crippen LogP contribution in [-0.2, 0) is 0 Å². The highest BCUT2D eigenvalue weighted by atomic mass is 79.9. The zero-order chi connectivity index (χ0) is 13.7. The van der Waals surface area contributed by atoms with E-state index in [-0.39, 0.29) is 6.04 Å². The molecular weight excluding hydrogens is 292 g/mol. The van der Waals surface area contributed by atoms with Gasteiger partial charge in [-0.05, 0) is 44.8 Å². The molecule has 1 rings (SSSR count). The van der Waals surface area contributed by atoms with Crippen LogP contribution in [0.3, 0.4) is 0 Å². The molecule has 0 saturated heterocycles. The number of benzene rings is 1. The van der Waals surface area contributed by atoms with Gasteiger partial charge in [-0.15, -0.1) is 0 Å². The second-order valence-corrected chi connectivity index (χ2v) is 5.61. The monoisotopic (exact) mass is 314 g/mol. The molecule has 0 radical (unpaired) electrons. The predicted octanol–water partition coefficient (Wildman–Crippen LogP) is 3.05. The van der Waals surface area contributed by atoms with E-state index in [1.807, 2.05) is 12.1 Å². The van der Waals surface area contributed by atoms with Gasteiger partial charge in [0.1, 0.15) is 5.75 Å². The van der Waals surface area contributed by atoms with Crippen LogP contribution in [-0.4, -0.2) is 32.6 Å². The Morgan fingerprint density at radius 2 is 2.06 bits per heavy atom. The number of hydrogen-bond donors (Lipinski definition) is 1. The van der Waals surface area contributed by atoms with Gasteiger partial charge < -0.3 is 15.4 Å². The molecule has 4 heteroatoms. The van der Waals surface area contributed by atoms with Gasteiger partial charge in [0.2, 0.25) is 0 Å². The van der Waals surface area contributed by atoms with Crippen molar-refractivity contribution in [2.75, 3.05) is 27.7 Å². The Balaban J connectivity index is 3.23. The number of rotatable bonds is 6. The van der Waals surface area contributed by atoms with Crippen molar-refractivity contribution < 1.29 is 4.74 Å². The molecule has 2 N–H and O–H groups in total. The van der Waals surface area contributed by atoms with E-state index in [1.165, 1.54) is 5.56 Å². The summed E-state index contributed by atoms with van der Waals surface area (Å²) in [5.41, 5.74) is 7.10. The Morgan fingerprint density at radius 1 is 1.39 bits per heavy atom. The number of hydrogen-bond acceptors (Lipinski definition) is 3. The maximum Gasteiger partial charge on any atom is 0.123 e. The second kappa shape index (κ2) is 7.12. The van der Waals surface area contributed by atoms with E-state index in [0.29, 0.717) is 12.5 Å². The molecule has 102 valence electrons. The molecule has 0 bridgehead atoms. The van der Waals surface area contributed by atoms with E-state index in [4.69, 9.17) is 10.5 Å². The van der Waals surface area contributed by atoms with Crippen LogP contribution in [0.2, 0.25) is 0 Å². The first-order chi connectivity index (χ1) is 8.54. The van der Waals surface area contributed by atoms with Crippen LogP contribution in [0.15, 0.2) is 22.7 Å². The molecule has 0 saturated carbocycles. The van der Waals surface area contributed by atoms with Crippen molar-refractivity contribution in [3.05, 3.63) is 28.2 Å². The summed E-state index contributed by atoms with van der Waals surface area (Å²) in [7, 11) is 5.88. The molecule has 2 unspecified atom stereocenters. The molecule has 0 heterocycles. The fourth-order valence-electron chi connectivity index (χ4n) is 2.41. The third-order valence-electron chi connectivity index (χ3n) is 3.34. The summed E-state index contributed by atoms with van der Waals surface area (Å²) in [5.74, 6) is 1.34. The largest absolute Gasteiger partial charge is 0.496 e. The van der Waals surface area contributed by atoms with Crippen molar-refractivity contribution in [2.45, 2.75) is 19.4 Å². The Kier molecular flexibility index (Phi) is 6.12. The van der Waals surface area contributed by atoms with Gasteiger partial charge in [-0.2, -0.15) is 0 Å². The van der Waals surface area contributed by atoms with Crippen molar-refractivity contribution in [2.24, 2.45) is 11.7 Å². The van der Waals surface area contributed by atoms with Gasteiger partial charge >= 0.3 is 0 Å². The molecule has 1 aromatic rings. The summed E-state index contributed by atoms with van der Waals surface area (Å²) >= 11 is 3.53. The Bertz CT molecular complexity index is 378. The standard InChI is InChI=1S/C14H23BrN2O/c1-5-10(9-16)14(17(2)3)12-8-11(15)6-7-13(12)18-4/h6-8,10,14H,5,9,16H2,1-4H3. The number of halogens is 1. The lowest BCUT2D eigenvalue weighted by Crippen LogP contribution is -2.32. The number of methoxy groups -OCH3 is 1. The van der Waals surface area contributed by atoms with E-state index in [9.17, 15) is 0 Å². The van der Waals surface area contributed by atoms with Crippen molar-refractivity contribution in [3.8, 4) is 5.75 Å². The average Bonchev–Trinajstić information content (AvgIpc) is 2.35. The van der Waals surface area contributed by atoms with E-state index in [2.05, 4.69) is 47.9 Å². The maximum atomic E-state index is 5.91. The summed E-state index contributed by atoms with van der Waals surface area (Å²) < 4.78 is 6.55. The maximum absolute atomic E-state index is 5.91. The summed E-state index contributed by atoms with van der Waals surface area (Å²) in [6.45, 7) is 2.85. The zero-order valence-electron chi connectivity index (χ0n) is 11.6. The Labute approximate surface area is 118 Å². The molecule has 0 aliphatic heterocycles. The first kappa shape index (κ1) is 15.5. The molecule has 3 nitrogen and oxygen atoms in total. The number of nitrogens with zero attached hydrogens (tertiary/aromatic N) is 1. The highest BCUT2D eigenvalue weighted by molar-refractivity contribution is 9.10. The summed E-state index contributed by atoms with van der Waals surface area (Å²) in [6, 6.07) is 6.40. The molecule has 0 amide bonds. The van der Waals surface area contributed by atoms with E-state index in [0.717, 1.165) is 16.6 Å². The van der Waals surface area contributed by atoms with Gasteiger partial charge in [-0.25, -0.2) is 0 Å². The van der Waals surface area contributed by atoms with E-state index in [1.54, 1.807) is 7.11 Å². The number of ether oxygens (including phenoxy) is 1. The average molecular weight is 315 g/mol. The fraction of sp³-hybridized carbons (Fsp3) is 0.571. The smallest absolute Gasteiger partial charge is 0.123 e. The van der Waals surface area contributed by atoms with E-state index < -0.39 is 0 Å². The van der Waals surface area contributed by atoms with Gasteiger partial charge in [0.05, 0.1) is 7.11 Å². The van der Waals surface area contributed by atoms with Gasteiger partial charge in [-0.1, -0.05) is 29.3 Å². The molecule has 18 heavy (non-hydrogen) atoms. The summed E-state index contributed by atoms with van der Waals surface area (Å²) in [4.78, 5) is 2.21. The highest BCUT2D eigenvalue weighted by Crippen LogP contribution is 2.36. The third-order valence-corrected chi connectivity index (χ3v) is 3.83. The molecule has 0 fully saturated rings. The summed E-state index contributed by atoms with van der Waals surface area (Å²) in [6.07, 6.45) is 1.05. The topological polar surface area (TPSA) is 38.5 Å². The molecule has 0 aliphatic rings. The molecule has 0 aromatic heterocycles. The molecule has 0 aliphatic carbocycles. The van der Waals surface area contributed by atoms with Gasteiger partial charge in [0.15, 0.2) is 0 Å². The lowest BCUT2D eigenvalue weighted by molar-refractivity contribution is 0.205. The predicted molar refractivity (Wildman–Crippen MR) is 80.0 cm³/mol. The van der Waals surface area contributed by atoms with Crippen LogP contribution in [0.25, 0.3) is 0 Å².